The number of nitrogens with one attached hydrogen (secondary N) is 2. The van der Waals surface area contributed by atoms with Gasteiger partial charge in [0.2, 0.25) is 5.91 Å². The van der Waals surface area contributed by atoms with E-state index in [0.717, 1.165) is 17.7 Å². The molecule has 2 aromatic carbocycles. The number of rotatable bonds is 8. The van der Waals surface area contributed by atoms with Gasteiger partial charge in [0.25, 0.3) is 0 Å². The lowest BCUT2D eigenvalue weighted by atomic mass is 10.1. The Labute approximate surface area is 155 Å². The van der Waals surface area contributed by atoms with Crippen molar-refractivity contribution >= 4 is 12.0 Å². The summed E-state index contributed by atoms with van der Waals surface area (Å²) < 4.78 is 10.6. The molecule has 138 valence electrons. The minimum Gasteiger partial charge on any atom is -0.493 e. The van der Waals surface area contributed by atoms with Crippen LogP contribution in [-0.4, -0.2) is 34.2 Å². The fraction of sp³-hybridized carbons (Fsp3) is 0.286. The van der Waals surface area contributed by atoms with Gasteiger partial charge >= 0.3 is 0 Å². The first-order valence-corrected chi connectivity index (χ1v) is 8.58. The van der Waals surface area contributed by atoms with E-state index in [-0.39, 0.29) is 5.91 Å². The third kappa shape index (κ3) is 5.36. The monoisotopic (exact) mass is 355 g/mol. The first kappa shape index (κ1) is 19.5. The third-order valence-corrected chi connectivity index (χ3v) is 3.96. The highest BCUT2D eigenvalue weighted by Crippen LogP contribution is 2.31. The molecule has 0 heterocycles. The Morgan fingerprint density at radius 3 is 2.42 bits per heavy atom. The molecule has 1 amide bonds. The summed E-state index contributed by atoms with van der Waals surface area (Å²) in [6.45, 7) is 1.42. The molecular weight excluding hydrogens is 328 g/mol. The summed E-state index contributed by atoms with van der Waals surface area (Å²) in [6.07, 6.45) is 3.24. The van der Waals surface area contributed by atoms with Gasteiger partial charge in [0.05, 0.1) is 28.3 Å². The highest BCUT2D eigenvalue weighted by molar-refractivity contribution is 5.92. The Bertz CT molecular complexity index is 770. The number of hydrogen-bond donors (Lipinski definition) is 2. The Kier molecular flexibility index (Phi) is 7.24. The molecule has 0 unspecified atom stereocenters. The van der Waals surface area contributed by atoms with Gasteiger partial charge in [-0.1, -0.05) is 36.4 Å². The number of hydrogen-bond acceptors (Lipinski definition) is 3. The van der Waals surface area contributed by atoms with E-state index in [1.807, 2.05) is 36.4 Å². The van der Waals surface area contributed by atoms with Crippen LogP contribution in [0.25, 0.3) is 6.08 Å². The maximum atomic E-state index is 12.2. The summed E-state index contributed by atoms with van der Waals surface area (Å²) in [7, 11) is 7.39. The molecule has 26 heavy (non-hydrogen) atoms. The van der Waals surface area contributed by atoms with E-state index < -0.39 is 0 Å². The van der Waals surface area contributed by atoms with Gasteiger partial charge in [0.15, 0.2) is 11.5 Å². The number of amides is 1. The van der Waals surface area contributed by atoms with Crippen molar-refractivity contribution < 1.29 is 19.2 Å². The average molecular weight is 355 g/mol. The van der Waals surface area contributed by atoms with Crippen LogP contribution in [-0.2, 0) is 17.9 Å². The van der Waals surface area contributed by atoms with E-state index in [9.17, 15) is 4.79 Å². The molecule has 0 bridgehead atoms. The van der Waals surface area contributed by atoms with Crippen LogP contribution >= 0.6 is 0 Å². The molecule has 0 aromatic heterocycles. The Morgan fingerprint density at radius 2 is 1.77 bits per heavy atom. The van der Waals surface area contributed by atoms with Crippen molar-refractivity contribution in [2.75, 3.05) is 28.3 Å². The quantitative estimate of drug-likeness (QED) is 0.709. The SMILES string of the molecule is COc1cccc(/C=C/C(=O)NCc2ccccc2C[NH+](C)C)c1OC. The lowest BCUT2D eigenvalue weighted by Crippen LogP contribution is -3.04. The van der Waals surface area contributed by atoms with E-state index in [1.165, 1.54) is 16.5 Å². The van der Waals surface area contributed by atoms with Crippen LogP contribution in [0.3, 0.4) is 0 Å². The summed E-state index contributed by atoms with van der Waals surface area (Å²) in [5.41, 5.74) is 3.17. The van der Waals surface area contributed by atoms with E-state index in [1.54, 1.807) is 20.3 Å². The van der Waals surface area contributed by atoms with Crippen molar-refractivity contribution in [3.05, 3.63) is 65.2 Å². The number of para-hydroxylation sites is 1. The molecule has 0 saturated carbocycles. The predicted octanol–water partition coefficient (Wildman–Crippen LogP) is 1.68. The molecule has 0 aliphatic heterocycles. The van der Waals surface area contributed by atoms with Crippen LogP contribution in [0.2, 0.25) is 0 Å². The Morgan fingerprint density at radius 1 is 1.04 bits per heavy atom. The van der Waals surface area contributed by atoms with Crippen molar-refractivity contribution in [3.63, 3.8) is 0 Å². The van der Waals surface area contributed by atoms with Gasteiger partial charge in [0.1, 0.15) is 6.54 Å². The highest BCUT2D eigenvalue weighted by Gasteiger charge is 2.08. The zero-order valence-electron chi connectivity index (χ0n) is 15.8. The molecule has 0 atom stereocenters. The maximum Gasteiger partial charge on any atom is 0.244 e. The molecule has 0 aliphatic rings. The van der Waals surface area contributed by atoms with E-state index >= 15 is 0 Å². The number of ether oxygens (including phenoxy) is 2. The largest absolute Gasteiger partial charge is 0.493 e. The van der Waals surface area contributed by atoms with E-state index in [0.29, 0.717) is 18.0 Å². The second kappa shape index (κ2) is 9.63. The van der Waals surface area contributed by atoms with Crippen molar-refractivity contribution in [1.29, 1.82) is 0 Å². The van der Waals surface area contributed by atoms with Crippen LogP contribution in [0.4, 0.5) is 0 Å². The molecule has 5 nitrogen and oxygen atoms in total. The molecule has 0 aliphatic carbocycles. The minimum absolute atomic E-state index is 0.151. The Balaban J connectivity index is 2.03. The second-order valence-electron chi connectivity index (χ2n) is 6.29. The van der Waals surface area contributed by atoms with Gasteiger partial charge in [-0.15, -0.1) is 0 Å². The average Bonchev–Trinajstić information content (AvgIpc) is 2.64. The first-order valence-electron chi connectivity index (χ1n) is 8.58. The van der Waals surface area contributed by atoms with Gasteiger partial charge in [-0.3, -0.25) is 4.79 Å². The van der Waals surface area contributed by atoms with Crippen molar-refractivity contribution in [1.82, 2.24) is 5.32 Å². The van der Waals surface area contributed by atoms with Gasteiger partial charge in [-0.2, -0.15) is 0 Å². The van der Waals surface area contributed by atoms with Crippen molar-refractivity contribution in [3.8, 4) is 11.5 Å². The fourth-order valence-corrected chi connectivity index (χ4v) is 2.73. The molecule has 5 heteroatoms. The first-order chi connectivity index (χ1) is 12.5. The number of benzene rings is 2. The number of quaternary nitrogens is 1. The van der Waals surface area contributed by atoms with Gasteiger partial charge < -0.3 is 19.7 Å². The van der Waals surface area contributed by atoms with Crippen LogP contribution in [0.15, 0.2) is 48.5 Å². The van der Waals surface area contributed by atoms with Gasteiger partial charge in [-0.25, -0.2) is 0 Å². The molecule has 2 N–H and O–H groups in total. The fourth-order valence-electron chi connectivity index (χ4n) is 2.73. The van der Waals surface area contributed by atoms with Crippen molar-refractivity contribution in [2.24, 2.45) is 0 Å². The number of carbonyl (C=O) groups excluding carboxylic acids is 1. The predicted molar refractivity (Wildman–Crippen MR) is 103 cm³/mol. The normalized spacial score (nSPS) is 11.0. The molecule has 2 aromatic rings. The third-order valence-electron chi connectivity index (χ3n) is 3.96. The van der Waals surface area contributed by atoms with Gasteiger partial charge in [0, 0.05) is 23.7 Å². The van der Waals surface area contributed by atoms with Crippen LogP contribution < -0.4 is 19.7 Å². The maximum absolute atomic E-state index is 12.2. The summed E-state index contributed by atoms with van der Waals surface area (Å²) in [4.78, 5) is 13.5. The summed E-state index contributed by atoms with van der Waals surface area (Å²) in [6, 6.07) is 13.7. The van der Waals surface area contributed by atoms with E-state index in [4.69, 9.17) is 9.47 Å². The molecule has 2 rings (SSSR count). The highest BCUT2D eigenvalue weighted by atomic mass is 16.5. The summed E-state index contributed by atoms with van der Waals surface area (Å²) in [5, 5.41) is 2.94. The second-order valence-corrected chi connectivity index (χ2v) is 6.29. The molecule has 0 fully saturated rings. The van der Waals surface area contributed by atoms with Crippen LogP contribution in [0.5, 0.6) is 11.5 Å². The standard InChI is InChI=1S/C21H26N2O3/c1-23(2)15-18-9-6-5-8-17(18)14-22-20(24)13-12-16-10-7-11-19(25-3)21(16)26-4/h5-13H,14-15H2,1-4H3,(H,22,24)/p+1/b13-12+. The lowest BCUT2D eigenvalue weighted by molar-refractivity contribution is -0.872. The van der Waals surface area contributed by atoms with Crippen LogP contribution in [0.1, 0.15) is 16.7 Å². The molecule has 0 spiro atoms. The van der Waals surface area contributed by atoms with Gasteiger partial charge in [-0.05, 0) is 17.7 Å². The zero-order chi connectivity index (χ0) is 18.9. The number of carbonyl (C=O) groups is 1. The molecular formula is C21H27N2O3+. The minimum atomic E-state index is -0.151. The topological polar surface area (TPSA) is 52.0 Å². The summed E-state index contributed by atoms with van der Waals surface area (Å²) in [5.74, 6) is 1.09. The zero-order valence-corrected chi connectivity index (χ0v) is 15.8. The smallest absolute Gasteiger partial charge is 0.244 e. The lowest BCUT2D eigenvalue weighted by Gasteiger charge is -2.12. The Hall–Kier alpha value is -2.79. The number of methoxy groups -OCH3 is 2. The molecule has 0 radical (unpaired) electrons. The summed E-state index contributed by atoms with van der Waals surface area (Å²) >= 11 is 0. The van der Waals surface area contributed by atoms with Crippen molar-refractivity contribution in [2.45, 2.75) is 13.1 Å². The molecule has 0 saturated heterocycles. The van der Waals surface area contributed by atoms with E-state index in [2.05, 4.69) is 25.5 Å². The van der Waals surface area contributed by atoms with Crippen LogP contribution in [0, 0.1) is 0 Å².